The van der Waals surface area contributed by atoms with E-state index in [4.69, 9.17) is 4.74 Å². The number of aromatic nitrogens is 1. The van der Waals surface area contributed by atoms with Gasteiger partial charge in [0.15, 0.2) is 0 Å². The lowest BCUT2D eigenvalue weighted by atomic mass is 10.2. The fourth-order valence-corrected chi connectivity index (χ4v) is 2.25. The van der Waals surface area contributed by atoms with E-state index in [1.807, 2.05) is 30.8 Å². The summed E-state index contributed by atoms with van der Waals surface area (Å²) in [5.41, 5.74) is 2.05. The second-order valence-electron chi connectivity index (χ2n) is 4.83. The van der Waals surface area contributed by atoms with Gasteiger partial charge in [-0.3, -0.25) is 4.98 Å². The Morgan fingerprint density at radius 2 is 2.16 bits per heavy atom. The third-order valence-electron chi connectivity index (χ3n) is 2.64. The smallest absolute Gasteiger partial charge is 0.142 e. The van der Waals surface area contributed by atoms with Crippen molar-refractivity contribution in [2.24, 2.45) is 0 Å². The number of aryl methyl sites for hydroxylation is 1. The summed E-state index contributed by atoms with van der Waals surface area (Å²) in [6.07, 6.45) is 1.09. The van der Waals surface area contributed by atoms with Crippen molar-refractivity contribution in [3.63, 3.8) is 0 Å². The molecule has 0 unspecified atom stereocenters. The summed E-state index contributed by atoms with van der Waals surface area (Å²) in [6, 6.07) is 4.50. The number of ether oxygens (including phenoxy) is 1. The monoisotopic (exact) mass is 282 g/mol. The van der Waals surface area contributed by atoms with Crippen LogP contribution >= 0.6 is 11.8 Å². The Morgan fingerprint density at radius 1 is 1.37 bits per heavy atom. The van der Waals surface area contributed by atoms with Crippen LogP contribution in [0.2, 0.25) is 0 Å². The highest BCUT2D eigenvalue weighted by Gasteiger charge is 2.06. The molecule has 1 rings (SSSR count). The Labute approximate surface area is 121 Å². The van der Waals surface area contributed by atoms with Crippen LogP contribution in [0.1, 0.15) is 38.6 Å². The van der Waals surface area contributed by atoms with Crippen molar-refractivity contribution in [3.8, 4) is 5.75 Å². The largest absolute Gasteiger partial charge is 0.492 e. The molecule has 1 aromatic rings. The Bertz CT molecular complexity index is 369. The van der Waals surface area contributed by atoms with Gasteiger partial charge in [-0.05, 0) is 37.0 Å². The van der Waals surface area contributed by atoms with Crippen molar-refractivity contribution in [2.75, 3.05) is 18.1 Å². The highest BCUT2D eigenvalue weighted by atomic mass is 32.2. The van der Waals surface area contributed by atoms with Gasteiger partial charge in [0.2, 0.25) is 0 Å². The van der Waals surface area contributed by atoms with E-state index in [1.165, 1.54) is 5.75 Å². The highest BCUT2D eigenvalue weighted by Crippen LogP contribution is 2.17. The highest BCUT2D eigenvalue weighted by molar-refractivity contribution is 7.99. The minimum absolute atomic E-state index is 0.455. The van der Waals surface area contributed by atoms with Crippen molar-refractivity contribution < 1.29 is 4.74 Å². The zero-order valence-corrected chi connectivity index (χ0v) is 13.3. The van der Waals surface area contributed by atoms with Gasteiger partial charge in [-0.2, -0.15) is 11.8 Å². The normalized spacial score (nSPS) is 11.0. The van der Waals surface area contributed by atoms with Gasteiger partial charge in [-0.15, -0.1) is 0 Å². The van der Waals surface area contributed by atoms with E-state index in [0.29, 0.717) is 6.04 Å². The Balaban J connectivity index is 2.50. The number of hydrogen-bond donors (Lipinski definition) is 1. The molecular formula is C15H26N2OS. The van der Waals surface area contributed by atoms with Gasteiger partial charge in [0, 0.05) is 18.3 Å². The number of pyridine rings is 1. The molecule has 0 radical (unpaired) electrons. The predicted molar refractivity (Wildman–Crippen MR) is 84.1 cm³/mol. The van der Waals surface area contributed by atoms with E-state index < -0.39 is 0 Å². The Kier molecular flexibility index (Phi) is 7.91. The van der Waals surface area contributed by atoms with Crippen LogP contribution in [0.25, 0.3) is 0 Å². The van der Waals surface area contributed by atoms with Crippen molar-refractivity contribution in [1.29, 1.82) is 0 Å². The number of rotatable bonds is 9. The van der Waals surface area contributed by atoms with Gasteiger partial charge in [-0.25, -0.2) is 0 Å². The molecule has 1 heterocycles. The van der Waals surface area contributed by atoms with E-state index in [-0.39, 0.29) is 0 Å². The van der Waals surface area contributed by atoms with Crippen LogP contribution < -0.4 is 10.1 Å². The van der Waals surface area contributed by atoms with Gasteiger partial charge in [0.1, 0.15) is 5.75 Å². The van der Waals surface area contributed by atoms with E-state index in [1.54, 1.807) is 0 Å². The minimum atomic E-state index is 0.455. The summed E-state index contributed by atoms with van der Waals surface area (Å²) in [6.45, 7) is 10.0. The molecule has 3 nitrogen and oxygen atoms in total. The average Bonchev–Trinajstić information content (AvgIpc) is 2.38. The lowest BCUT2D eigenvalue weighted by Gasteiger charge is -2.13. The molecule has 4 heteroatoms. The molecule has 0 amide bonds. The lowest BCUT2D eigenvalue weighted by molar-refractivity contribution is 0.312. The first-order chi connectivity index (χ1) is 9.13. The van der Waals surface area contributed by atoms with E-state index >= 15 is 0 Å². The summed E-state index contributed by atoms with van der Waals surface area (Å²) < 4.78 is 5.86. The average molecular weight is 282 g/mol. The van der Waals surface area contributed by atoms with Gasteiger partial charge in [0.25, 0.3) is 0 Å². The quantitative estimate of drug-likeness (QED) is 0.704. The van der Waals surface area contributed by atoms with E-state index in [9.17, 15) is 0 Å². The number of hydrogen-bond acceptors (Lipinski definition) is 4. The second kappa shape index (κ2) is 9.21. The Morgan fingerprint density at radius 3 is 2.84 bits per heavy atom. The van der Waals surface area contributed by atoms with Gasteiger partial charge in [0.05, 0.1) is 12.3 Å². The van der Waals surface area contributed by atoms with Gasteiger partial charge in [-0.1, -0.05) is 20.8 Å². The molecule has 0 saturated heterocycles. The van der Waals surface area contributed by atoms with Gasteiger partial charge < -0.3 is 10.1 Å². The molecule has 0 aromatic carbocycles. The molecule has 0 saturated carbocycles. The molecular weight excluding hydrogens is 256 g/mol. The van der Waals surface area contributed by atoms with Crippen molar-refractivity contribution in [3.05, 3.63) is 23.5 Å². The van der Waals surface area contributed by atoms with E-state index in [2.05, 4.69) is 31.1 Å². The molecule has 1 N–H and O–H groups in total. The second-order valence-corrected chi connectivity index (χ2v) is 6.23. The van der Waals surface area contributed by atoms with Crippen LogP contribution in [0.3, 0.4) is 0 Å². The molecule has 0 aliphatic rings. The number of nitrogens with one attached hydrogen (secondary N) is 1. The van der Waals surface area contributed by atoms with Gasteiger partial charge >= 0.3 is 0 Å². The van der Waals surface area contributed by atoms with Crippen LogP contribution in [0.5, 0.6) is 5.75 Å². The summed E-state index contributed by atoms with van der Waals surface area (Å²) >= 11 is 1.96. The molecule has 19 heavy (non-hydrogen) atoms. The van der Waals surface area contributed by atoms with Crippen molar-refractivity contribution in [2.45, 2.75) is 46.7 Å². The molecule has 0 aliphatic carbocycles. The first-order valence-corrected chi connectivity index (χ1v) is 8.19. The summed E-state index contributed by atoms with van der Waals surface area (Å²) in [5, 5.41) is 3.39. The van der Waals surface area contributed by atoms with Crippen molar-refractivity contribution >= 4 is 11.8 Å². The topological polar surface area (TPSA) is 34.1 Å². The number of thioether (sulfide) groups is 1. The maximum Gasteiger partial charge on any atom is 0.142 e. The van der Waals surface area contributed by atoms with Crippen LogP contribution in [0, 0.1) is 6.92 Å². The zero-order chi connectivity index (χ0) is 14.1. The minimum Gasteiger partial charge on any atom is -0.492 e. The van der Waals surface area contributed by atoms with Crippen LogP contribution in [0.15, 0.2) is 12.1 Å². The van der Waals surface area contributed by atoms with Crippen LogP contribution in [-0.4, -0.2) is 29.1 Å². The van der Waals surface area contributed by atoms with Crippen LogP contribution in [-0.2, 0) is 6.54 Å². The molecule has 0 bridgehead atoms. The molecule has 0 aliphatic heterocycles. The lowest BCUT2D eigenvalue weighted by Crippen LogP contribution is -2.23. The summed E-state index contributed by atoms with van der Waals surface area (Å²) in [7, 11) is 0. The van der Waals surface area contributed by atoms with Crippen molar-refractivity contribution in [1.82, 2.24) is 10.3 Å². The molecule has 0 atom stereocenters. The third-order valence-corrected chi connectivity index (χ3v) is 3.63. The fourth-order valence-electron chi connectivity index (χ4n) is 1.64. The summed E-state index contributed by atoms with van der Waals surface area (Å²) in [4.78, 5) is 4.57. The SMILES string of the molecule is CCSCCCOc1ccc(C)nc1CNC(C)C. The molecule has 1 aromatic heterocycles. The molecule has 0 fully saturated rings. The predicted octanol–water partition coefficient (Wildman–Crippen LogP) is 3.41. The first kappa shape index (κ1) is 16.3. The summed E-state index contributed by atoms with van der Waals surface area (Å²) in [5.74, 6) is 3.26. The van der Waals surface area contributed by atoms with Crippen LogP contribution in [0.4, 0.5) is 0 Å². The zero-order valence-electron chi connectivity index (χ0n) is 12.5. The standard InChI is InChI=1S/C15H26N2OS/c1-5-19-10-6-9-18-15-8-7-13(4)17-14(15)11-16-12(2)3/h7-8,12,16H,5-6,9-11H2,1-4H3. The number of nitrogens with zero attached hydrogens (tertiary/aromatic N) is 1. The molecule has 0 spiro atoms. The first-order valence-electron chi connectivity index (χ1n) is 7.04. The maximum absolute atomic E-state index is 5.86. The Hall–Kier alpha value is -0.740. The fraction of sp³-hybridized carbons (Fsp3) is 0.667. The maximum atomic E-state index is 5.86. The third kappa shape index (κ3) is 6.83. The van der Waals surface area contributed by atoms with E-state index in [0.717, 1.165) is 42.5 Å². The molecule has 108 valence electrons.